The van der Waals surface area contributed by atoms with Crippen LogP contribution in [-0.4, -0.2) is 29.0 Å². The van der Waals surface area contributed by atoms with Crippen molar-refractivity contribution in [2.45, 2.75) is 0 Å². The summed E-state index contributed by atoms with van der Waals surface area (Å²) in [5.41, 5.74) is 3.17. The summed E-state index contributed by atoms with van der Waals surface area (Å²) in [6.07, 6.45) is 1.39. The van der Waals surface area contributed by atoms with Gasteiger partial charge in [0, 0.05) is 14.1 Å². The van der Waals surface area contributed by atoms with Crippen molar-refractivity contribution in [2.75, 3.05) is 19.5 Å². The second-order valence-electron chi connectivity index (χ2n) is 2.64. The highest BCUT2D eigenvalue weighted by Gasteiger charge is 2.13. The lowest BCUT2D eigenvalue weighted by atomic mass is 10.4. The number of hydrogen-bond acceptors (Lipinski definition) is 5. The van der Waals surface area contributed by atoms with E-state index in [4.69, 9.17) is 0 Å². The minimum Gasteiger partial charge on any atom is -0.358 e. The van der Waals surface area contributed by atoms with E-state index in [-0.39, 0.29) is 5.82 Å². The Morgan fingerprint density at radius 2 is 2.31 bits per heavy atom. The Morgan fingerprint density at radius 1 is 1.62 bits per heavy atom. The molecule has 6 nitrogen and oxygen atoms in total. The highest BCUT2D eigenvalue weighted by molar-refractivity contribution is 5.55. The summed E-state index contributed by atoms with van der Waals surface area (Å²) < 4.78 is 0. The molecule has 1 aromatic rings. The van der Waals surface area contributed by atoms with Gasteiger partial charge < -0.3 is 15.5 Å². The Hall–Kier alpha value is -1.69. The average Bonchev–Trinajstić information content (AvgIpc) is 2.03. The highest BCUT2D eigenvalue weighted by Crippen LogP contribution is 2.19. The van der Waals surface area contributed by atoms with Crippen molar-refractivity contribution in [3.63, 3.8) is 0 Å². The molecule has 1 rings (SSSR count). The van der Waals surface area contributed by atoms with Gasteiger partial charge in [-0.3, -0.25) is 0 Å². The van der Waals surface area contributed by atoms with E-state index in [0.29, 0.717) is 5.69 Å². The van der Waals surface area contributed by atoms with Gasteiger partial charge in [0.2, 0.25) is 0 Å². The number of hydrazine groups is 1. The zero-order valence-corrected chi connectivity index (χ0v) is 7.39. The first-order valence-corrected chi connectivity index (χ1v) is 3.64. The molecule has 13 heavy (non-hydrogen) atoms. The van der Waals surface area contributed by atoms with E-state index in [1.807, 2.05) is 0 Å². The van der Waals surface area contributed by atoms with Gasteiger partial charge in [0.15, 0.2) is 0 Å². The number of nitrogens with zero attached hydrogens (tertiary/aromatic N) is 3. The van der Waals surface area contributed by atoms with Gasteiger partial charge in [-0.25, -0.2) is 5.01 Å². The van der Waals surface area contributed by atoms with Crippen molar-refractivity contribution in [2.24, 2.45) is 0 Å². The van der Waals surface area contributed by atoms with Crippen LogP contribution in [0.15, 0.2) is 18.3 Å². The number of nitrogens with one attached hydrogen (secondary N) is 1. The standard InChI is InChI=1S/C7H10N4O2/c1-10(2)9-6-4-3-5-8-7(6)11(12)13/h3-5,9H,1-2H3. The maximum atomic E-state index is 10.5. The number of pyridine rings is 1. The maximum Gasteiger partial charge on any atom is 0.388 e. The van der Waals surface area contributed by atoms with Crippen LogP contribution >= 0.6 is 0 Å². The van der Waals surface area contributed by atoms with Gasteiger partial charge in [0.05, 0.1) is 0 Å². The summed E-state index contributed by atoms with van der Waals surface area (Å²) in [7, 11) is 3.49. The molecular weight excluding hydrogens is 172 g/mol. The summed E-state index contributed by atoms with van der Waals surface area (Å²) in [4.78, 5) is 13.6. The van der Waals surface area contributed by atoms with Crippen LogP contribution < -0.4 is 5.43 Å². The molecule has 0 amide bonds. The lowest BCUT2D eigenvalue weighted by molar-refractivity contribution is -0.388. The molecule has 1 aromatic heterocycles. The monoisotopic (exact) mass is 182 g/mol. The van der Waals surface area contributed by atoms with E-state index < -0.39 is 4.92 Å². The first kappa shape index (κ1) is 9.40. The number of nitro groups is 1. The van der Waals surface area contributed by atoms with Crippen molar-refractivity contribution < 1.29 is 4.92 Å². The first-order chi connectivity index (χ1) is 6.11. The third-order valence-corrected chi connectivity index (χ3v) is 1.30. The largest absolute Gasteiger partial charge is 0.388 e. The quantitative estimate of drug-likeness (QED) is 0.555. The molecule has 6 heteroatoms. The Morgan fingerprint density at radius 3 is 2.85 bits per heavy atom. The van der Waals surface area contributed by atoms with E-state index in [1.165, 1.54) is 6.20 Å². The summed E-state index contributed by atoms with van der Waals surface area (Å²) in [6, 6.07) is 3.24. The van der Waals surface area contributed by atoms with E-state index in [1.54, 1.807) is 31.2 Å². The molecule has 0 radical (unpaired) electrons. The van der Waals surface area contributed by atoms with Gasteiger partial charge in [-0.15, -0.1) is 0 Å². The van der Waals surface area contributed by atoms with Crippen LogP contribution in [0.1, 0.15) is 0 Å². The molecule has 0 saturated carbocycles. The summed E-state index contributed by atoms with van der Waals surface area (Å²) >= 11 is 0. The normalized spacial score (nSPS) is 10.1. The fourth-order valence-corrected chi connectivity index (χ4v) is 0.871. The van der Waals surface area contributed by atoms with Crippen molar-refractivity contribution in [3.05, 3.63) is 28.4 Å². The number of anilines is 1. The second kappa shape index (κ2) is 3.81. The molecule has 0 saturated heterocycles. The zero-order chi connectivity index (χ0) is 9.84. The van der Waals surface area contributed by atoms with Crippen LogP contribution in [0.25, 0.3) is 0 Å². The maximum absolute atomic E-state index is 10.5. The molecule has 0 aromatic carbocycles. The lowest BCUT2D eigenvalue weighted by Crippen LogP contribution is -2.20. The van der Waals surface area contributed by atoms with Gasteiger partial charge in [-0.05, 0) is 22.0 Å². The minimum atomic E-state index is -0.522. The topological polar surface area (TPSA) is 71.3 Å². The van der Waals surface area contributed by atoms with E-state index >= 15 is 0 Å². The van der Waals surface area contributed by atoms with Crippen LogP contribution in [-0.2, 0) is 0 Å². The number of hydrogen-bond donors (Lipinski definition) is 1. The highest BCUT2D eigenvalue weighted by atomic mass is 16.6. The molecule has 0 fully saturated rings. The molecule has 0 unspecified atom stereocenters. The molecule has 70 valence electrons. The van der Waals surface area contributed by atoms with Gasteiger partial charge in [0.25, 0.3) is 0 Å². The summed E-state index contributed by atoms with van der Waals surface area (Å²) in [6.45, 7) is 0. The molecule has 0 atom stereocenters. The van der Waals surface area contributed by atoms with E-state index in [0.717, 1.165) is 0 Å². The number of rotatable bonds is 3. The number of aromatic nitrogens is 1. The van der Waals surface area contributed by atoms with Crippen molar-refractivity contribution in [1.29, 1.82) is 0 Å². The van der Waals surface area contributed by atoms with E-state index in [9.17, 15) is 10.1 Å². The van der Waals surface area contributed by atoms with Gasteiger partial charge in [-0.2, -0.15) is 0 Å². The first-order valence-electron chi connectivity index (χ1n) is 3.64. The molecule has 0 aliphatic carbocycles. The third kappa shape index (κ3) is 2.38. The van der Waals surface area contributed by atoms with Gasteiger partial charge >= 0.3 is 5.82 Å². The van der Waals surface area contributed by atoms with Crippen LogP contribution in [0.3, 0.4) is 0 Å². The predicted octanol–water partition coefficient (Wildman–Crippen LogP) is 0.878. The SMILES string of the molecule is CN(C)Nc1cccnc1[N+](=O)[O-]. The molecule has 1 N–H and O–H groups in total. The Balaban J connectivity index is 2.98. The Bertz CT molecular complexity index is 313. The van der Waals surface area contributed by atoms with Crippen molar-refractivity contribution >= 4 is 11.5 Å². The third-order valence-electron chi connectivity index (χ3n) is 1.30. The summed E-state index contributed by atoms with van der Waals surface area (Å²) in [5, 5.41) is 12.1. The average molecular weight is 182 g/mol. The van der Waals surface area contributed by atoms with E-state index in [2.05, 4.69) is 10.4 Å². The van der Waals surface area contributed by atoms with Gasteiger partial charge in [-0.1, -0.05) is 0 Å². The minimum absolute atomic E-state index is 0.170. The zero-order valence-electron chi connectivity index (χ0n) is 7.39. The smallest absolute Gasteiger partial charge is 0.358 e. The van der Waals surface area contributed by atoms with Crippen LogP contribution in [0.5, 0.6) is 0 Å². The molecular formula is C7H10N4O2. The molecule has 0 spiro atoms. The van der Waals surface area contributed by atoms with Gasteiger partial charge in [0.1, 0.15) is 11.9 Å². The van der Waals surface area contributed by atoms with Crippen molar-refractivity contribution in [3.8, 4) is 0 Å². The summed E-state index contributed by atoms with van der Waals surface area (Å²) in [5.74, 6) is -0.170. The van der Waals surface area contributed by atoms with Crippen LogP contribution in [0.4, 0.5) is 11.5 Å². The molecule has 1 heterocycles. The Kier molecular flexibility index (Phi) is 2.76. The fourth-order valence-electron chi connectivity index (χ4n) is 0.871. The lowest BCUT2D eigenvalue weighted by Gasteiger charge is -2.12. The predicted molar refractivity (Wildman–Crippen MR) is 48.2 cm³/mol. The van der Waals surface area contributed by atoms with Crippen LogP contribution in [0, 0.1) is 10.1 Å². The second-order valence-corrected chi connectivity index (χ2v) is 2.64. The Labute approximate surface area is 75.3 Å². The molecule has 0 aliphatic rings. The fraction of sp³-hybridized carbons (Fsp3) is 0.286. The van der Waals surface area contributed by atoms with Crippen molar-refractivity contribution in [1.82, 2.24) is 9.99 Å². The molecule has 0 bridgehead atoms. The molecule has 0 aliphatic heterocycles. The van der Waals surface area contributed by atoms with Crippen LogP contribution in [0.2, 0.25) is 0 Å².